The molecule has 0 aromatic heterocycles. The zero-order chi connectivity index (χ0) is 16.1. The molecule has 4 nitrogen and oxygen atoms in total. The molecule has 0 bridgehead atoms. The largest absolute Gasteiger partial charge is 0.486 e. The zero-order valence-electron chi connectivity index (χ0n) is 14.0. The Kier molecular flexibility index (Phi) is 6.36. The zero-order valence-corrected chi connectivity index (χ0v) is 14.7. The fourth-order valence-electron chi connectivity index (χ4n) is 2.67. The second-order valence-electron chi connectivity index (χ2n) is 6.48. The Morgan fingerprint density at radius 3 is 2.64 bits per heavy atom. The molecule has 1 aliphatic heterocycles. The van der Waals surface area contributed by atoms with Crippen molar-refractivity contribution in [1.82, 2.24) is 10.2 Å². The molecule has 0 aliphatic carbocycles. The fourth-order valence-corrected chi connectivity index (χ4v) is 2.96. The number of rotatable bonds is 7. The number of halogens is 1. The van der Waals surface area contributed by atoms with Crippen molar-refractivity contribution in [2.45, 2.75) is 32.9 Å². The van der Waals surface area contributed by atoms with Gasteiger partial charge in [0.2, 0.25) is 0 Å². The average Bonchev–Trinajstić information content (AvgIpc) is 2.46. The summed E-state index contributed by atoms with van der Waals surface area (Å²) in [6, 6.07) is 4.50. The van der Waals surface area contributed by atoms with E-state index < -0.39 is 0 Å². The van der Waals surface area contributed by atoms with Crippen molar-refractivity contribution in [2.24, 2.45) is 5.92 Å². The van der Waals surface area contributed by atoms with E-state index in [0.29, 0.717) is 35.9 Å². The Bertz CT molecular complexity index is 492. The Hall–Kier alpha value is -0.970. The molecule has 1 N–H and O–H groups in total. The lowest BCUT2D eigenvalue weighted by molar-refractivity contribution is 0.171. The number of nitrogens with one attached hydrogen (secondary N) is 1. The highest BCUT2D eigenvalue weighted by Gasteiger charge is 2.17. The summed E-state index contributed by atoms with van der Waals surface area (Å²) in [5.41, 5.74) is 1.12. The van der Waals surface area contributed by atoms with Crippen molar-refractivity contribution in [2.75, 3.05) is 33.9 Å². The molecular formula is C17H27ClN2O2. The molecule has 0 fully saturated rings. The van der Waals surface area contributed by atoms with Crippen LogP contribution in [0.5, 0.6) is 11.5 Å². The molecule has 1 aromatic carbocycles. The fraction of sp³-hybridized carbons (Fsp3) is 0.647. The van der Waals surface area contributed by atoms with Crippen LogP contribution < -0.4 is 14.8 Å². The lowest BCUT2D eigenvalue weighted by Gasteiger charge is -2.26. The van der Waals surface area contributed by atoms with E-state index in [0.717, 1.165) is 24.4 Å². The molecule has 0 saturated heterocycles. The third kappa shape index (κ3) is 4.77. The van der Waals surface area contributed by atoms with E-state index >= 15 is 0 Å². The van der Waals surface area contributed by atoms with E-state index in [1.54, 1.807) is 0 Å². The first-order valence-electron chi connectivity index (χ1n) is 7.92. The molecule has 0 amide bonds. The Morgan fingerprint density at radius 2 is 1.95 bits per heavy atom. The van der Waals surface area contributed by atoms with Crippen molar-refractivity contribution >= 4 is 11.6 Å². The van der Waals surface area contributed by atoms with E-state index in [2.05, 4.69) is 38.2 Å². The summed E-state index contributed by atoms with van der Waals surface area (Å²) < 4.78 is 11.2. The molecule has 1 aromatic rings. The van der Waals surface area contributed by atoms with Gasteiger partial charge in [0, 0.05) is 19.1 Å². The van der Waals surface area contributed by atoms with Crippen LogP contribution >= 0.6 is 11.6 Å². The number of likely N-dealkylation sites (N-methyl/N-ethyl adjacent to an activating group) is 1. The molecule has 2 rings (SSSR count). The predicted molar refractivity (Wildman–Crippen MR) is 91.1 cm³/mol. The SMILES string of the molecule is CC(C)CC(CNCc1cc(Cl)c2c(c1)OCCO2)N(C)C. The van der Waals surface area contributed by atoms with Crippen LogP contribution in [0.2, 0.25) is 5.02 Å². The van der Waals surface area contributed by atoms with Crippen LogP contribution in [0.15, 0.2) is 12.1 Å². The molecule has 5 heteroatoms. The standard InChI is InChI=1S/C17H27ClN2O2/c1-12(2)7-14(20(3)4)11-19-10-13-8-15(18)17-16(9-13)21-5-6-22-17/h8-9,12,14,19H,5-7,10-11H2,1-4H3. The number of hydrogen-bond donors (Lipinski definition) is 1. The minimum Gasteiger partial charge on any atom is -0.486 e. The van der Waals surface area contributed by atoms with Crippen LogP contribution in [0.25, 0.3) is 0 Å². The van der Waals surface area contributed by atoms with E-state index in [1.165, 1.54) is 6.42 Å². The van der Waals surface area contributed by atoms with E-state index in [-0.39, 0.29) is 0 Å². The van der Waals surface area contributed by atoms with Gasteiger partial charge in [-0.15, -0.1) is 0 Å². The predicted octanol–water partition coefficient (Wildman–Crippen LogP) is 3.18. The summed E-state index contributed by atoms with van der Waals surface area (Å²) >= 11 is 6.27. The summed E-state index contributed by atoms with van der Waals surface area (Å²) in [5.74, 6) is 2.11. The number of fused-ring (bicyclic) bond motifs is 1. The van der Waals surface area contributed by atoms with Crippen LogP contribution in [-0.4, -0.2) is 44.8 Å². The molecule has 1 aliphatic rings. The van der Waals surface area contributed by atoms with Crippen LogP contribution in [0.4, 0.5) is 0 Å². The highest BCUT2D eigenvalue weighted by atomic mass is 35.5. The molecule has 0 saturated carbocycles. The summed E-state index contributed by atoms with van der Waals surface area (Å²) in [4.78, 5) is 2.28. The first-order valence-corrected chi connectivity index (χ1v) is 8.30. The van der Waals surface area contributed by atoms with Crippen molar-refractivity contribution in [3.05, 3.63) is 22.7 Å². The summed E-state index contributed by atoms with van der Waals surface area (Å²) in [6.45, 7) is 7.39. The minimum atomic E-state index is 0.535. The summed E-state index contributed by atoms with van der Waals surface area (Å²) in [7, 11) is 4.27. The average molecular weight is 327 g/mol. The van der Waals surface area contributed by atoms with Gasteiger partial charge >= 0.3 is 0 Å². The van der Waals surface area contributed by atoms with E-state index in [1.807, 2.05) is 12.1 Å². The van der Waals surface area contributed by atoms with Gasteiger partial charge in [0.05, 0.1) is 5.02 Å². The summed E-state index contributed by atoms with van der Waals surface area (Å²) in [6.07, 6.45) is 1.18. The van der Waals surface area contributed by atoms with Crippen molar-refractivity contribution in [3.63, 3.8) is 0 Å². The topological polar surface area (TPSA) is 33.7 Å². The van der Waals surface area contributed by atoms with E-state index in [4.69, 9.17) is 21.1 Å². The van der Waals surface area contributed by atoms with Crippen LogP contribution in [-0.2, 0) is 6.54 Å². The van der Waals surface area contributed by atoms with Gasteiger partial charge in [-0.25, -0.2) is 0 Å². The molecule has 1 atom stereocenters. The Labute approximate surface area is 138 Å². The molecule has 1 unspecified atom stereocenters. The summed E-state index contributed by atoms with van der Waals surface area (Å²) in [5, 5.41) is 4.15. The first-order chi connectivity index (χ1) is 10.5. The quantitative estimate of drug-likeness (QED) is 0.834. The third-order valence-electron chi connectivity index (χ3n) is 3.84. The Morgan fingerprint density at radius 1 is 1.23 bits per heavy atom. The maximum Gasteiger partial charge on any atom is 0.179 e. The Balaban J connectivity index is 1.92. The maximum atomic E-state index is 6.27. The van der Waals surface area contributed by atoms with Crippen LogP contribution in [0, 0.1) is 5.92 Å². The molecule has 22 heavy (non-hydrogen) atoms. The smallest absolute Gasteiger partial charge is 0.179 e. The van der Waals surface area contributed by atoms with Crippen molar-refractivity contribution < 1.29 is 9.47 Å². The maximum absolute atomic E-state index is 6.27. The minimum absolute atomic E-state index is 0.535. The first kappa shape index (κ1) is 17.4. The van der Waals surface area contributed by atoms with Gasteiger partial charge < -0.3 is 19.7 Å². The van der Waals surface area contributed by atoms with Gasteiger partial charge in [0.1, 0.15) is 13.2 Å². The van der Waals surface area contributed by atoms with Gasteiger partial charge in [0.25, 0.3) is 0 Å². The molecule has 124 valence electrons. The van der Waals surface area contributed by atoms with Gasteiger partial charge in [0.15, 0.2) is 11.5 Å². The van der Waals surface area contributed by atoms with Gasteiger partial charge in [-0.3, -0.25) is 0 Å². The lowest BCUT2D eigenvalue weighted by atomic mass is 10.0. The molecular weight excluding hydrogens is 300 g/mol. The highest BCUT2D eigenvalue weighted by Crippen LogP contribution is 2.38. The molecule has 1 heterocycles. The van der Waals surface area contributed by atoms with E-state index in [9.17, 15) is 0 Å². The number of hydrogen-bond acceptors (Lipinski definition) is 4. The molecule has 0 radical (unpaired) electrons. The second-order valence-corrected chi connectivity index (χ2v) is 6.89. The number of benzene rings is 1. The second kappa shape index (κ2) is 8.04. The van der Waals surface area contributed by atoms with Gasteiger partial charge in [-0.2, -0.15) is 0 Å². The lowest BCUT2D eigenvalue weighted by Crippen LogP contribution is -2.38. The van der Waals surface area contributed by atoms with Gasteiger partial charge in [-0.05, 0) is 44.1 Å². The number of nitrogens with zero attached hydrogens (tertiary/aromatic N) is 1. The van der Waals surface area contributed by atoms with Crippen LogP contribution in [0.3, 0.4) is 0 Å². The highest BCUT2D eigenvalue weighted by molar-refractivity contribution is 6.32. The monoisotopic (exact) mass is 326 g/mol. The number of ether oxygens (including phenoxy) is 2. The third-order valence-corrected chi connectivity index (χ3v) is 4.12. The van der Waals surface area contributed by atoms with Crippen LogP contribution in [0.1, 0.15) is 25.8 Å². The normalized spacial score (nSPS) is 15.4. The van der Waals surface area contributed by atoms with Crippen molar-refractivity contribution in [3.8, 4) is 11.5 Å². The van der Waals surface area contributed by atoms with Crippen molar-refractivity contribution in [1.29, 1.82) is 0 Å². The molecule has 0 spiro atoms. The van der Waals surface area contributed by atoms with Gasteiger partial charge in [-0.1, -0.05) is 25.4 Å².